The van der Waals surface area contributed by atoms with Gasteiger partial charge in [-0.15, -0.1) is 0 Å². The van der Waals surface area contributed by atoms with E-state index in [4.69, 9.17) is 0 Å². The Kier molecular flexibility index (Phi) is 2.58. The van der Waals surface area contributed by atoms with Crippen molar-refractivity contribution in [3.63, 3.8) is 0 Å². The molecule has 2 rings (SSSR count). The Balaban J connectivity index is 3.01. The average Bonchev–Trinajstić information content (AvgIpc) is 2.22. The van der Waals surface area contributed by atoms with E-state index >= 15 is 0 Å². The fourth-order valence-corrected chi connectivity index (χ4v) is 2.17. The van der Waals surface area contributed by atoms with E-state index < -0.39 is 0 Å². The van der Waals surface area contributed by atoms with Crippen molar-refractivity contribution < 1.29 is 0 Å². The molecule has 0 saturated carbocycles. The number of fused-ring (bicyclic) bond motifs is 1. The van der Waals surface area contributed by atoms with Crippen LogP contribution in [0.4, 0.5) is 0 Å². The second-order valence-electron chi connectivity index (χ2n) is 4.65. The molecule has 0 amide bonds. The molecule has 0 aliphatic carbocycles. The summed E-state index contributed by atoms with van der Waals surface area (Å²) in [6.07, 6.45) is 1.95. The van der Waals surface area contributed by atoms with Gasteiger partial charge < -0.3 is 4.57 Å². The maximum absolute atomic E-state index is 12.1. The number of rotatable bonds is 1. The van der Waals surface area contributed by atoms with E-state index in [1.807, 2.05) is 38.4 Å². The zero-order valence-corrected chi connectivity index (χ0v) is 10.2. The Labute approximate surface area is 95.5 Å². The summed E-state index contributed by atoms with van der Waals surface area (Å²) in [5, 5.41) is 1.95. The summed E-state index contributed by atoms with van der Waals surface area (Å²) in [4.78, 5) is 12.1. The average molecular weight is 215 g/mol. The summed E-state index contributed by atoms with van der Waals surface area (Å²) in [5.74, 6) is 0.427. The van der Waals surface area contributed by atoms with Gasteiger partial charge in [-0.05, 0) is 29.4 Å². The van der Waals surface area contributed by atoms with Crippen LogP contribution in [0.2, 0.25) is 0 Å². The molecule has 0 radical (unpaired) electrons. The number of nitrogens with zero attached hydrogens (tertiary/aromatic N) is 1. The molecule has 0 fully saturated rings. The molecule has 1 aromatic heterocycles. The quantitative estimate of drug-likeness (QED) is 0.716. The first-order valence-corrected chi connectivity index (χ1v) is 5.61. The van der Waals surface area contributed by atoms with Gasteiger partial charge in [0.05, 0.1) is 5.39 Å². The normalized spacial score (nSPS) is 11.3. The monoisotopic (exact) mass is 215 g/mol. The third-order valence-electron chi connectivity index (χ3n) is 3.07. The molecule has 84 valence electrons. The van der Waals surface area contributed by atoms with Crippen molar-refractivity contribution in [1.82, 2.24) is 4.57 Å². The lowest BCUT2D eigenvalue weighted by molar-refractivity contribution is 0.809. The second-order valence-corrected chi connectivity index (χ2v) is 4.65. The lowest BCUT2D eigenvalue weighted by Crippen LogP contribution is -2.18. The molecular weight excluding hydrogens is 198 g/mol. The van der Waals surface area contributed by atoms with Crippen LogP contribution in [-0.2, 0) is 7.05 Å². The number of pyridine rings is 1. The van der Waals surface area contributed by atoms with Crippen molar-refractivity contribution in [2.45, 2.75) is 26.7 Å². The zero-order valence-electron chi connectivity index (χ0n) is 10.2. The highest BCUT2D eigenvalue weighted by atomic mass is 16.1. The minimum absolute atomic E-state index is 0.0949. The summed E-state index contributed by atoms with van der Waals surface area (Å²) >= 11 is 0. The minimum atomic E-state index is 0.0949. The number of hydrogen-bond acceptors (Lipinski definition) is 1. The van der Waals surface area contributed by atoms with E-state index in [9.17, 15) is 4.79 Å². The first kappa shape index (κ1) is 10.9. The Hall–Kier alpha value is -1.57. The summed E-state index contributed by atoms with van der Waals surface area (Å²) in [6.45, 7) is 6.30. The van der Waals surface area contributed by atoms with Crippen molar-refractivity contribution in [3.8, 4) is 0 Å². The molecule has 0 unspecified atom stereocenters. The third-order valence-corrected chi connectivity index (χ3v) is 3.07. The van der Waals surface area contributed by atoms with Crippen molar-refractivity contribution in [2.24, 2.45) is 7.05 Å². The second kappa shape index (κ2) is 3.78. The summed E-state index contributed by atoms with van der Waals surface area (Å²) in [6, 6.07) is 6.05. The molecular formula is C14H17NO. The highest BCUT2D eigenvalue weighted by Gasteiger charge is 2.10. The van der Waals surface area contributed by atoms with Crippen LogP contribution < -0.4 is 5.56 Å². The van der Waals surface area contributed by atoms with Gasteiger partial charge in [0.25, 0.3) is 5.56 Å². The lowest BCUT2D eigenvalue weighted by atomic mass is 9.96. The molecule has 0 N–H and O–H groups in total. The SMILES string of the molecule is Cc1cccc2c(C(C)C)cn(C)c(=O)c12. The van der Waals surface area contributed by atoms with Gasteiger partial charge in [-0.1, -0.05) is 32.0 Å². The van der Waals surface area contributed by atoms with Gasteiger partial charge in [0, 0.05) is 13.2 Å². The molecule has 2 heteroatoms. The van der Waals surface area contributed by atoms with Crippen molar-refractivity contribution in [3.05, 3.63) is 45.9 Å². The summed E-state index contributed by atoms with van der Waals surface area (Å²) in [7, 11) is 1.82. The standard InChI is InChI=1S/C14H17NO/c1-9(2)12-8-15(4)14(16)13-10(3)6-5-7-11(12)13/h5-9H,1-4H3. The first-order chi connectivity index (χ1) is 7.52. The third kappa shape index (κ3) is 1.54. The molecule has 1 aromatic carbocycles. The molecule has 2 aromatic rings. The van der Waals surface area contributed by atoms with Gasteiger partial charge >= 0.3 is 0 Å². The van der Waals surface area contributed by atoms with Gasteiger partial charge in [0.1, 0.15) is 0 Å². The predicted molar refractivity (Wildman–Crippen MR) is 68.0 cm³/mol. The van der Waals surface area contributed by atoms with E-state index in [1.54, 1.807) is 4.57 Å². The van der Waals surface area contributed by atoms with Gasteiger partial charge in [-0.2, -0.15) is 0 Å². The molecule has 0 aliphatic heterocycles. The van der Waals surface area contributed by atoms with Crippen LogP contribution in [0.1, 0.15) is 30.9 Å². The zero-order chi connectivity index (χ0) is 11.9. The van der Waals surface area contributed by atoms with Crippen molar-refractivity contribution >= 4 is 10.8 Å². The van der Waals surface area contributed by atoms with Crippen LogP contribution in [0.15, 0.2) is 29.2 Å². The minimum Gasteiger partial charge on any atom is -0.318 e. The highest BCUT2D eigenvalue weighted by molar-refractivity contribution is 5.87. The fourth-order valence-electron chi connectivity index (χ4n) is 2.17. The van der Waals surface area contributed by atoms with Crippen LogP contribution >= 0.6 is 0 Å². The van der Waals surface area contributed by atoms with Crippen LogP contribution in [0, 0.1) is 6.92 Å². The number of hydrogen-bond donors (Lipinski definition) is 0. The number of benzene rings is 1. The molecule has 0 aliphatic rings. The molecule has 0 spiro atoms. The van der Waals surface area contributed by atoms with Gasteiger partial charge in [0.2, 0.25) is 0 Å². The Morgan fingerprint density at radius 3 is 2.56 bits per heavy atom. The van der Waals surface area contributed by atoms with E-state index in [0.717, 1.165) is 16.3 Å². The Morgan fingerprint density at radius 2 is 1.94 bits per heavy atom. The van der Waals surface area contributed by atoms with Gasteiger partial charge in [0.15, 0.2) is 0 Å². The van der Waals surface area contributed by atoms with Crippen LogP contribution in [-0.4, -0.2) is 4.57 Å². The lowest BCUT2D eigenvalue weighted by Gasteiger charge is -2.13. The van der Waals surface area contributed by atoms with Gasteiger partial charge in [-0.3, -0.25) is 4.79 Å². The van der Waals surface area contributed by atoms with Crippen molar-refractivity contribution in [2.75, 3.05) is 0 Å². The molecule has 16 heavy (non-hydrogen) atoms. The predicted octanol–water partition coefficient (Wildman–Crippen LogP) is 2.97. The molecule has 0 bridgehead atoms. The molecule has 2 nitrogen and oxygen atoms in total. The summed E-state index contributed by atoms with van der Waals surface area (Å²) in [5.41, 5.74) is 2.39. The number of aromatic nitrogens is 1. The van der Waals surface area contributed by atoms with E-state index in [2.05, 4.69) is 13.8 Å². The van der Waals surface area contributed by atoms with Crippen LogP contribution in [0.25, 0.3) is 10.8 Å². The Bertz CT molecular complexity index is 593. The summed E-state index contributed by atoms with van der Waals surface area (Å²) < 4.78 is 1.69. The Morgan fingerprint density at radius 1 is 1.25 bits per heavy atom. The maximum atomic E-state index is 12.1. The van der Waals surface area contributed by atoms with E-state index in [-0.39, 0.29) is 5.56 Å². The van der Waals surface area contributed by atoms with E-state index in [1.165, 1.54) is 5.56 Å². The van der Waals surface area contributed by atoms with Crippen LogP contribution in [0.5, 0.6) is 0 Å². The first-order valence-electron chi connectivity index (χ1n) is 5.61. The largest absolute Gasteiger partial charge is 0.318 e. The number of aryl methyl sites for hydroxylation is 2. The fraction of sp³-hybridized carbons (Fsp3) is 0.357. The maximum Gasteiger partial charge on any atom is 0.258 e. The molecule has 1 heterocycles. The molecule has 0 saturated heterocycles. The molecule has 0 atom stereocenters. The smallest absolute Gasteiger partial charge is 0.258 e. The topological polar surface area (TPSA) is 22.0 Å². The van der Waals surface area contributed by atoms with Crippen molar-refractivity contribution in [1.29, 1.82) is 0 Å². The van der Waals surface area contributed by atoms with Crippen LogP contribution in [0.3, 0.4) is 0 Å². The van der Waals surface area contributed by atoms with Gasteiger partial charge in [-0.25, -0.2) is 0 Å². The van der Waals surface area contributed by atoms with E-state index in [0.29, 0.717) is 5.92 Å². The highest BCUT2D eigenvalue weighted by Crippen LogP contribution is 2.24.